The van der Waals surface area contributed by atoms with Crippen molar-refractivity contribution in [1.82, 2.24) is 10.3 Å². The van der Waals surface area contributed by atoms with Gasteiger partial charge in [0.2, 0.25) is 0 Å². The van der Waals surface area contributed by atoms with Gasteiger partial charge in [0.25, 0.3) is 0 Å². The van der Waals surface area contributed by atoms with E-state index >= 15 is 0 Å². The first kappa shape index (κ1) is 22.5. The average Bonchev–Trinajstić information content (AvgIpc) is 3.29. The van der Waals surface area contributed by atoms with Gasteiger partial charge in [0, 0.05) is 36.2 Å². The SMILES string of the molecule is CS(=O)(=O)c1cc(NC(=O)NCc2ccccc2)ccc1-c1cnc(C2CCCCC2)s1. The maximum Gasteiger partial charge on any atom is 0.319 e. The highest BCUT2D eigenvalue weighted by molar-refractivity contribution is 7.90. The third-order valence-electron chi connectivity index (χ3n) is 5.68. The molecule has 1 aliphatic carbocycles. The molecule has 0 bridgehead atoms. The van der Waals surface area contributed by atoms with E-state index in [2.05, 4.69) is 15.6 Å². The zero-order chi connectivity index (χ0) is 22.6. The van der Waals surface area contributed by atoms with Crippen LogP contribution in [0.2, 0.25) is 0 Å². The van der Waals surface area contributed by atoms with Gasteiger partial charge in [-0.05, 0) is 30.5 Å². The van der Waals surface area contributed by atoms with Crippen LogP contribution < -0.4 is 10.6 Å². The summed E-state index contributed by atoms with van der Waals surface area (Å²) in [5.41, 5.74) is 2.04. The normalized spacial score (nSPS) is 14.8. The predicted molar refractivity (Wildman–Crippen MR) is 129 cm³/mol. The van der Waals surface area contributed by atoms with Crippen LogP contribution in [0.5, 0.6) is 0 Å². The third kappa shape index (κ3) is 5.55. The Kier molecular flexibility index (Phi) is 6.91. The molecule has 0 radical (unpaired) electrons. The Morgan fingerprint density at radius 3 is 2.56 bits per heavy atom. The smallest absolute Gasteiger partial charge is 0.319 e. The lowest BCUT2D eigenvalue weighted by Crippen LogP contribution is -2.28. The molecule has 6 nitrogen and oxygen atoms in total. The summed E-state index contributed by atoms with van der Waals surface area (Å²) in [5.74, 6) is 0.471. The Balaban J connectivity index is 1.52. The zero-order valence-corrected chi connectivity index (χ0v) is 19.6. The molecule has 1 aromatic heterocycles. The molecule has 0 saturated heterocycles. The summed E-state index contributed by atoms with van der Waals surface area (Å²) in [7, 11) is -3.50. The van der Waals surface area contributed by atoms with Gasteiger partial charge in [-0.25, -0.2) is 18.2 Å². The van der Waals surface area contributed by atoms with Crippen LogP contribution in [-0.4, -0.2) is 25.7 Å². The molecule has 4 rings (SSSR count). The summed E-state index contributed by atoms with van der Waals surface area (Å²) in [6.45, 7) is 0.383. The van der Waals surface area contributed by atoms with Gasteiger partial charge < -0.3 is 10.6 Å². The lowest BCUT2D eigenvalue weighted by atomic mass is 9.90. The summed E-state index contributed by atoms with van der Waals surface area (Å²) in [6.07, 6.45) is 8.98. The Bertz CT molecular complexity index is 1180. The van der Waals surface area contributed by atoms with Crippen molar-refractivity contribution in [2.75, 3.05) is 11.6 Å². The van der Waals surface area contributed by atoms with E-state index in [0.717, 1.165) is 28.3 Å². The number of benzene rings is 2. The highest BCUT2D eigenvalue weighted by atomic mass is 32.2. The van der Waals surface area contributed by atoms with Crippen molar-refractivity contribution in [1.29, 1.82) is 0 Å². The molecule has 1 aliphatic rings. The number of rotatable bonds is 6. The number of nitrogens with one attached hydrogen (secondary N) is 2. The van der Waals surface area contributed by atoms with Crippen LogP contribution in [0.4, 0.5) is 10.5 Å². The second-order valence-corrected chi connectivity index (χ2v) is 11.2. The predicted octanol–water partition coefficient (Wildman–Crippen LogP) is 5.58. The number of carbonyl (C=O) groups is 1. The molecule has 0 atom stereocenters. The number of nitrogens with zero attached hydrogens (tertiary/aromatic N) is 1. The van der Waals surface area contributed by atoms with Crippen molar-refractivity contribution < 1.29 is 13.2 Å². The van der Waals surface area contributed by atoms with Gasteiger partial charge in [0.15, 0.2) is 9.84 Å². The van der Waals surface area contributed by atoms with Gasteiger partial charge in [-0.3, -0.25) is 0 Å². The van der Waals surface area contributed by atoms with Crippen LogP contribution in [0.3, 0.4) is 0 Å². The highest BCUT2D eigenvalue weighted by Gasteiger charge is 2.22. The zero-order valence-electron chi connectivity index (χ0n) is 18.0. The minimum atomic E-state index is -3.50. The number of aromatic nitrogens is 1. The Labute approximate surface area is 193 Å². The quantitative estimate of drug-likeness (QED) is 0.493. The van der Waals surface area contributed by atoms with Gasteiger partial charge in [-0.2, -0.15) is 0 Å². The summed E-state index contributed by atoms with van der Waals surface area (Å²) < 4.78 is 25.1. The van der Waals surface area contributed by atoms with Crippen LogP contribution >= 0.6 is 11.3 Å². The summed E-state index contributed by atoms with van der Waals surface area (Å²) in [4.78, 5) is 17.9. The standard InChI is InChI=1S/C24H27N3O3S2/c1-32(29,30)22-14-19(27-24(28)26-15-17-8-4-2-5-9-17)12-13-20(22)21-16-25-23(31-21)18-10-6-3-7-11-18/h2,4-5,8-9,12-14,16,18H,3,6-7,10-11,15H2,1H3,(H2,26,27,28). The van der Waals surface area contributed by atoms with Crippen molar-refractivity contribution in [2.24, 2.45) is 0 Å². The third-order valence-corrected chi connectivity index (χ3v) is 8.01. The molecule has 2 aromatic carbocycles. The van der Waals surface area contributed by atoms with Crippen LogP contribution in [0.25, 0.3) is 10.4 Å². The van der Waals surface area contributed by atoms with Crippen LogP contribution in [-0.2, 0) is 16.4 Å². The topological polar surface area (TPSA) is 88.2 Å². The Morgan fingerprint density at radius 1 is 1.09 bits per heavy atom. The molecular weight excluding hydrogens is 442 g/mol. The number of carbonyl (C=O) groups excluding carboxylic acids is 1. The van der Waals surface area contributed by atoms with Gasteiger partial charge in [-0.15, -0.1) is 11.3 Å². The molecule has 32 heavy (non-hydrogen) atoms. The molecule has 8 heteroatoms. The number of anilines is 1. The molecule has 0 aliphatic heterocycles. The molecule has 2 N–H and O–H groups in total. The second kappa shape index (κ2) is 9.83. The molecule has 2 amide bonds. The molecule has 0 spiro atoms. The number of urea groups is 1. The van der Waals surface area contributed by atoms with Gasteiger partial charge in [-0.1, -0.05) is 55.7 Å². The molecule has 1 heterocycles. The van der Waals surface area contributed by atoms with E-state index in [1.165, 1.54) is 31.6 Å². The Morgan fingerprint density at radius 2 is 1.84 bits per heavy atom. The molecule has 1 fully saturated rings. The number of hydrogen-bond acceptors (Lipinski definition) is 5. The molecule has 168 valence electrons. The maximum atomic E-state index is 12.5. The first-order chi connectivity index (χ1) is 15.4. The monoisotopic (exact) mass is 469 g/mol. The van der Waals surface area contributed by atoms with Crippen molar-refractivity contribution >= 4 is 32.9 Å². The van der Waals surface area contributed by atoms with Crippen molar-refractivity contribution in [3.05, 3.63) is 65.3 Å². The molecular formula is C24H27N3O3S2. The first-order valence-electron chi connectivity index (χ1n) is 10.8. The van der Waals surface area contributed by atoms with Crippen molar-refractivity contribution in [3.63, 3.8) is 0 Å². The fraction of sp³-hybridized carbons (Fsp3) is 0.333. The van der Waals surface area contributed by atoms with Gasteiger partial charge in [0.05, 0.1) is 14.8 Å². The van der Waals surface area contributed by atoms with Crippen molar-refractivity contribution in [3.8, 4) is 10.4 Å². The lowest BCUT2D eigenvalue weighted by molar-refractivity contribution is 0.251. The van der Waals surface area contributed by atoms with Crippen molar-refractivity contribution in [2.45, 2.75) is 49.5 Å². The van der Waals surface area contributed by atoms with Gasteiger partial charge >= 0.3 is 6.03 Å². The van der Waals surface area contributed by atoms with E-state index in [-0.39, 0.29) is 4.90 Å². The minimum Gasteiger partial charge on any atom is -0.334 e. The lowest BCUT2D eigenvalue weighted by Gasteiger charge is -2.18. The number of amides is 2. The second-order valence-electron chi connectivity index (χ2n) is 8.17. The summed E-state index contributed by atoms with van der Waals surface area (Å²) in [5, 5.41) is 6.60. The van der Waals surface area contributed by atoms with E-state index < -0.39 is 15.9 Å². The molecule has 3 aromatic rings. The molecule has 1 saturated carbocycles. The van der Waals surface area contributed by atoms with E-state index in [4.69, 9.17) is 0 Å². The fourth-order valence-corrected chi connectivity index (χ4v) is 6.12. The molecule has 0 unspecified atom stereocenters. The van der Waals surface area contributed by atoms with Crippen LogP contribution in [0, 0.1) is 0 Å². The number of thiazole rings is 1. The number of sulfone groups is 1. The van der Waals surface area contributed by atoms with Crippen LogP contribution in [0.15, 0.2) is 59.6 Å². The minimum absolute atomic E-state index is 0.192. The summed E-state index contributed by atoms with van der Waals surface area (Å²) >= 11 is 1.57. The number of hydrogen-bond donors (Lipinski definition) is 2. The fourth-order valence-electron chi connectivity index (χ4n) is 4.01. The van der Waals surface area contributed by atoms with E-state index in [9.17, 15) is 13.2 Å². The highest BCUT2D eigenvalue weighted by Crippen LogP contribution is 2.39. The van der Waals surface area contributed by atoms with E-state index in [0.29, 0.717) is 23.7 Å². The maximum absolute atomic E-state index is 12.5. The largest absolute Gasteiger partial charge is 0.334 e. The van der Waals surface area contributed by atoms with Crippen LogP contribution in [0.1, 0.15) is 48.6 Å². The van der Waals surface area contributed by atoms with E-state index in [1.54, 1.807) is 29.7 Å². The summed E-state index contributed by atoms with van der Waals surface area (Å²) in [6, 6.07) is 14.2. The average molecular weight is 470 g/mol. The Hall–Kier alpha value is -2.71. The first-order valence-corrected chi connectivity index (χ1v) is 13.5. The van der Waals surface area contributed by atoms with E-state index in [1.807, 2.05) is 30.3 Å². The van der Waals surface area contributed by atoms with Gasteiger partial charge in [0.1, 0.15) is 0 Å².